The number of nitrogens with one attached hydrogen (secondary N) is 1. The van der Waals surface area contributed by atoms with E-state index in [9.17, 15) is 22.8 Å². The summed E-state index contributed by atoms with van der Waals surface area (Å²) in [5.74, 6) is -0.914. The van der Waals surface area contributed by atoms with E-state index in [2.05, 4.69) is 10.3 Å². The molecule has 2 N–H and O–H groups in total. The van der Waals surface area contributed by atoms with Gasteiger partial charge in [-0.15, -0.1) is 0 Å². The molecule has 0 radical (unpaired) electrons. The lowest BCUT2D eigenvalue weighted by Gasteiger charge is -2.34. The molecule has 1 aromatic heterocycles. The van der Waals surface area contributed by atoms with E-state index in [1.54, 1.807) is 0 Å². The highest BCUT2D eigenvalue weighted by atomic mass is 19.4. The zero-order chi connectivity index (χ0) is 19.6. The number of carboxylic acids is 1. The number of hydrogen-bond donors (Lipinski definition) is 2. The molecule has 2 fully saturated rings. The van der Waals surface area contributed by atoms with Gasteiger partial charge < -0.3 is 20.2 Å². The van der Waals surface area contributed by atoms with Gasteiger partial charge in [-0.05, 0) is 31.4 Å². The molecule has 3 heterocycles. The molecule has 1 unspecified atom stereocenters. The third kappa shape index (κ3) is 4.61. The normalized spacial score (nSPS) is 21.4. The van der Waals surface area contributed by atoms with E-state index in [1.807, 2.05) is 4.90 Å². The van der Waals surface area contributed by atoms with Crippen LogP contribution in [0.3, 0.4) is 0 Å². The average Bonchev–Trinajstić information content (AvgIpc) is 3.12. The van der Waals surface area contributed by atoms with Crippen LogP contribution in [-0.4, -0.2) is 59.2 Å². The summed E-state index contributed by atoms with van der Waals surface area (Å²) in [6, 6.07) is 2.07. The van der Waals surface area contributed by atoms with Gasteiger partial charge >= 0.3 is 18.2 Å². The van der Waals surface area contributed by atoms with Gasteiger partial charge in [-0.2, -0.15) is 13.2 Å². The Balaban J connectivity index is 1.48. The smallest absolute Gasteiger partial charge is 0.417 e. The van der Waals surface area contributed by atoms with Gasteiger partial charge in [0.25, 0.3) is 0 Å². The maximum absolute atomic E-state index is 12.6. The van der Waals surface area contributed by atoms with Gasteiger partial charge in [-0.3, -0.25) is 4.79 Å². The molecular weight excluding hydrogens is 365 g/mol. The highest BCUT2D eigenvalue weighted by molar-refractivity contribution is 5.77. The largest absolute Gasteiger partial charge is 0.481 e. The number of carbonyl (C=O) groups is 2. The molecular formula is C17H21F3N4O3. The van der Waals surface area contributed by atoms with Gasteiger partial charge in [-0.25, -0.2) is 9.78 Å². The lowest BCUT2D eigenvalue weighted by atomic mass is 10.1. The highest BCUT2D eigenvalue weighted by Gasteiger charge is 2.33. The van der Waals surface area contributed by atoms with Crippen molar-refractivity contribution in [2.75, 3.05) is 31.1 Å². The summed E-state index contributed by atoms with van der Waals surface area (Å²) in [5, 5.41) is 11.9. The number of carbonyl (C=O) groups excluding carboxylic acids is 1. The third-order valence-electron chi connectivity index (χ3n) is 5.05. The standard InChI is InChI=1S/C17H21F3N4O3/c18-17(19,20)12-1-2-14(21-9-12)23-7-4-13(5-8-23)22-16(27)24-6-3-11(10-24)15(25)26/h1-2,9,11,13H,3-8,10H2,(H,22,27)(H,25,26). The van der Waals surface area contributed by atoms with Crippen LogP contribution in [0.1, 0.15) is 24.8 Å². The average molecular weight is 386 g/mol. The topological polar surface area (TPSA) is 85.8 Å². The molecule has 2 saturated heterocycles. The molecule has 0 aliphatic carbocycles. The van der Waals surface area contributed by atoms with E-state index in [-0.39, 0.29) is 18.6 Å². The number of nitrogens with zero attached hydrogens (tertiary/aromatic N) is 3. The Labute approximate surface area is 154 Å². The van der Waals surface area contributed by atoms with Crippen LogP contribution in [0.4, 0.5) is 23.8 Å². The Morgan fingerprint density at radius 1 is 1.15 bits per heavy atom. The zero-order valence-electron chi connectivity index (χ0n) is 14.6. The number of hydrogen-bond acceptors (Lipinski definition) is 4. The Hall–Kier alpha value is -2.52. The molecule has 2 amide bonds. The van der Waals surface area contributed by atoms with Crippen LogP contribution in [0, 0.1) is 5.92 Å². The second-order valence-electron chi connectivity index (χ2n) is 6.88. The van der Waals surface area contributed by atoms with Crippen LogP contribution < -0.4 is 10.2 Å². The summed E-state index contributed by atoms with van der Waals surface area (Å²) < 4.78 is 37.8. The second-order valence-corrected chi connectivity index (χ2v) is 6.88. The van der Waals surface area contributed by atoms with Crippen LogP contribution in [0.2, 0.25) is 0 Å². The number of alkyl halides is 3. The first-order chi connectivity index (χ1) is 12.7. The van der Waals surface area contributed by atoms with Gasteiger partial charge in [0.1, 0.15) is 5.82 Å². The van der Waals surface area contributed by atoms with Gasteiger partial charge in [0.2, 0.25) is 0 Å². The number of amides is 2. The number of piperidine rings is 1. The van der Waals surface area contributed by atoms with Crippen molar-refractivity contribution in [1.29, 1.82) is 0 Å². The molecule has 0 aromatic carbocycles. The molecule has 10 heteroatoms. The van der Waals surface area contributed by atoms with E-state index in [0.29, 0.717) is 44.7 Å². The molecule has 27 heavy (non-hydrogen) atoms. The molecule has 1 aromatic rings. The van der Waals surface area contributed by atoms with Gasteiger partial charge in [-0.1, -0.05) is 0 Å². The van der Waals surface area contributed by atoms with Crippen LogP contribution in [-0.2, 0) is 11.0 Å². The maximum atomic E-state index is 12.6. The molecule has 2 aliphatic heterocycles. The van der Waals surface area contributed by atoms with Gasteiger partial charge in [0, 0.05) is 38.4 Å². The number of halogens is 3. The van der Waals surface area contributed by atoms with Gasteiger partial charge in [0.05, 0.1) is 11.5 Å². The monoisotopic (exact) mass is 386 g/mol. The van der Waals surface area contributed by atoms with E-state index in [1.165, 1.54) is 11.0 Å². The predicted octanol–water partition coefficient (Wildman–Crippen LogP) is 2.19. The van der Waals surface area contributed by atoms with E-state index in [0.717, 1.165) is 12.3 Å². The first kappa shape index (κ1) is 19.2. The Morgan fingerprint density at radius 3 is 2.37 bits per heavy atom. The maximum Gasteiger partial charge on any atom is 0.417 e. The molecule has 7 nitrogen and oxygen atoms in total. The predicted molar refractivity (Wildman–Crippen MR) is 90.3 cm³/mol. The number of rotatable bonds is 3. The van der Waals surface area contributed by atoms with Crippen molar-refractivity contribution >= 4 is 17.8 Å². The number of aliphatic carboxylic acids is 1. The minimum Gasteiger partial charge on any atom is -0.481 e. The number of anilines is 1. The van der Waals surface area contributed by atoms with Crippen molar-refractivity contribution in [1.82, 2.24) is 15.2 Å². The van der Waals surface area contributed by atoms with E-state index >= 15 is 0 Å². The number of urea groups is 1. The summed E-state index contributed by atoms with van der Waals surface area (Å²) in [7, 11) is 0. The van der Waals surface area contributed by atoms with E-state index < -0.39 is 23.6 Å². The van der Waals surface area contributed by atoms with Crippen molar-refractivity contribution in [2.45, 2.75) is 31.5 Å². The van der Waals surface area contributed by atoms with Crippen LogP contribution in [0.5, 0.6) is 0 Å². The van der Waals surface area contributed by atoms with Crippen molar-refractivity contribution in [2.24, 2.45) is 5.92 Å². The van der Waals surface area contributed by atoms with Crippen molar-refractivity contribution < 1.29 is 27.9 Å². The lowest BCUT2D eigenvalue weighted by molar-refractivity contribution is -0.141. The molecule has 148 valence electrons. The Morgan fingerprint density at radius 2 is 1.85 bits per heavy atom. The quantitative estimate of drug-likeness (QED) is 0.832. The molecule has 3 rings (SSSR count). The summed E-state index contributed by atoms with van der Waals surface area (Å²) in [4.78, 5) is 30.5. The summed E-state index contributed by atoms with van der Waals surface area (Å²) in [5.41, 5.74) is -0.779. The first-order valence-electron chi connectivity index (χ1n) is 8.80. The zero-order valence-corrected chi connectivity index (χ0v) is 14.6. The van der Waals surface area contributed by atoms with Crippen molar-refractivity contribution in [3.63, 3.8) is 0 Å². The van der Waals surface area contributed by atoms with Crippen molar-refractivity contribution in [3.05, 3.63) is 23.9 Å². The molecule has 0 bridgehead atoms. The summed E-state index contributed by atoms with van der Waals surface area (Å²) in [6.45, 7) is 1.79. The van der Waals surface area contributed by atoms with Crippen LogP contribution in [0.25, 0.3) is 0 Å². The molecule has 0 saturated carbocycles. The van der Waals surface area contributed by atoms with E-state index in [4.69, 9.17) is 5.11 Å². The Bertz CT molecular complexity index is 688. The number of pyridine rings is 1. The fourth-order valence-corrected chi connectivity index (χ4v) is 3.41. The highest BCUT2D eigenvalue weighted by Crippen LogP contribution is 2.29. The van der Waals surface area contributed by atoms with Crippen molar-refractivity contribution in [3.8, 4) is 0 Å². The number of likely N-dealkylation sites (tertiary alicyclic amines) is 1. The molecule has 2 aliphatic rings. The van der Waals surface area contributed by atoms with Gasteiger partial charge in [0.15, 0.2) is 0 Å². The Kier molecular flexibility index (Phi) is 5.43. The summed E-state index contributed by atoms with van der Waals surface area (Å²) in [6.07, 6.45) is -1.83. The number of aromatic nitrogens is 1. The van der Waals surface area contributed by atoms with Crippen LogP contribution in [0.15, 0.2) is 18.3 Å². The SMILES string of the molecule is O=C(O)C1CCN(C(=O)NC2CCN(c3ccc(C(F)(F)F)cn3)CC2)C1. The second kappa shape index (κ2) is 7.61. The lowest BCUT2D eigenvalue weighted by Crippen LogP contribution is -2.49. The minimum absolute atomic E-state index is 0.0490. The fourth-order valence-electron chi connectivity index (χ4n) is 3.41. The fraction of sp³-hybridized carbons (Fsp3) is 0.588. The molecule has 1 atom stereocenters. The minimum atomic E-state index is -4.40. The number of carboxylic acid groups (broad SMARTS) is 1. The summed E-state index contributed by atoms with van der Waals surface area (Å²) >= 11 is 0. The molecule has 0 spiro atoms. The van der Waals surface area contributed by atoms with Crippen LogP contribution >= 0.6 is 0 Å². The first-order valence-corrected chi connectivity index (χ1v) is 8.80. The third-order valence-corrected chi connectivity index (χ3v) is 5.05.